The van der Waals surface area contributed by atoms with Crippen molar-refractivity contribution < 1.29 is 14.7 Å². The maximum Gasteiger partial charge on any atom is 0.317 e. The molecule has 0 aliphatic carbocycles. The third-order valence-corrected chi connectivity index (χ3v) is 4.02. The topological polar surface area (TPSA) is 72.9 Å². The van der Waals surface area contributed by atoms with Gasteiger partial charge in [0.1, 0.15) is 0 Å². The van der Waals surface area contributed by atoms with Crippen LogP contribution in [0, 0.1) is 0 Å². The number of amides is 3. The van der Waals surface area contributed by atoms with Crippen molar-refractivity contribution in [1.29, 1.82) is 0 Å². The Morgan fingerprint density at radius 1 is 1.45 bits per heavy atom. The van der Waals surface area contributed by atoms with Crippen LogP contribution in [0.25, 0.3) is 0 Å². The zero-order valence-electron chi connectivity index (χ0n) is 13.0. The van der Waals surface area contributed by atoms with Crippen molar-refractivity contribution >= 4 is 11.9 Å². The SMILES string of the molecule is CC(c1ccccc1)N1CC(NC(=O)N(C)CCO)CC1=O. The van der Waals surface area contributed by atoms with Gasteiger partial charge in [-0.2, -0.15) is 0 Å². The van der Waals surface area contributed by atoms with Crippen molar-refractivity contribution in [2.75, 3.05) is 26.7 Å². The summed E-state index contributed by atoms with van der Waals surface area (Å²) in [5.41, 5.74) is 1.08. The number of likely N-dealkylation sites (tertiary alicyclic amines) is 1. The maximum atomic E-state index is 12.2. The van der Waals surface area contributed by atoms with Crippen LogP contribution in [0.5, 0.6) is 0 Å². The van der Waals surface area contributed by atoms with Gasteiger partial charge in [0.05, 0.1) is 18.7 Å². The normalized spacial score (nSPS) is 19.1. The standard InChI is InChI=1S/C16H23N3O3/c1-12(13-6-4-3-5-7-13)19-11-14(10-15(19)21)17-16(22)18(2)8-9-20/h3-7,12,14,20H,8-11H2,1-2H3,(H,17,22). The van der Waals surface area contributed by atoms with E-state index in [0.29, 0.717) is 13.0 Å². The summed E-state index contributed by atoms with van der Waals surface area (Å²) in [7, 11) is 1.62. The smallest absolute Gasteiger partial charge is 0.317 e. The lowest BCUT2D eigenvalue weighted by Gasteiger charge is -2.25. The number of aliphatic hydroxyl groups excluding tert-OH is 1. The minimum atomic E-state index is -0.263. The third-order valence-electron chi connectivity index (χ3n) is 4.02. The van der Waals surface area contributed by atoms with Gasteiger partial charge in [-0.15, -0.1) is 0 Å². The van der Waals surface area contributed by atoms with Crippen LogP contribution in [0.2, 0.25) is 0 Å². The zero-order chi connectivity index (χ0) is 16.1. The minimum absolute atomic E-state index is 0.00854. The van der Waals surface area contributed by atoms with Crippen molar-refractivity contribution in [2.45, 2.75) is 25.4 Å². The first kappa shape index (κ1) is 16.3. The van der Waals surface area contributed by atoms with Crippen molar-refractivity contribution in [1.82, 2.24) is 15.1 Å². The first-order valence-electron chi connectivity index (χ1n) is 7.49. The second kappa shape index (κ2) is 7.26. The van der Waals surface area contributed by atoms with Crippen molar-refractivity contribution in [3.8, 4) is 0 Å². The van der Waals surface area contributed by atoms with Gasteiger partial charge in [-0.25, -0.2) is 4.79 Å². The Morgan fingerprint density at radius 3 is 2.77 bits per heavy atom. The van der Waals surface area contributed by atoms with Crippen LogP contribution in [0.15, 0.2) is 30.3 Å². The molecule has 0 spiro atoms. The van der Waals surface area contributed by atoms with E-state index < -0.39 is 0 Å². The Balaban J connectivity index is 1.95. The molecule has 1 aliphatic rings. The summed E-state index contributed by atoms with van der Waals surface area (Å²) < 4.78 is 0. The van der Waals surface area contributed by atoms with Gasteiger partial charge in [0.2, 0.25) is 5.91 Å². The van der Waals surface area contributed by atoms with Gasteiger partial charge in [-0.1, -0.05) is 30.3 Å². The van der Waals surface area contributed by atoms with Crippen LogP contribution in [-0.2, 0) is 4.79 Å². The number of nitrogens with zero attached hydrogens (tertiary/aromatic N) is 2. The fraction of sp³-hybridized carbons (Fsp3) is 0.500. The Kier molecular flexibility index (Phi) is 5.38. The Bertz CT molecular complexity index is 521. The average Bonchev–Trinajstić information content (AvgIpc) is 2.88. The van der Waals surface area contributed by atoms with E-state index in [-0.39, 0.29) is 37.2 Å². The van der Waals surface area contributed by atoms with Crippen molar-refractivity contribution in [3.05, 3.63) is 35.9 Å². The fourth-order valence-corrected chi connectivity index (χ4v) is 2.65. The Morgan fingerprint density at radius 2 is 2.14 bits per heavy atom. The summed E-state index contributed by atoms with van der Waals surface area (Å²) in [6.45, 7) is 2.70. The lowest BCUT2D eigenvalue weighted by atomic mass is 10.1. The monoisotopic (exact) mass is 305 g/mol. The highest BCUT2D eigenvalue weighted by Gasteiger charge is 2.34. The number of nitrogens with one attached hydrogen (secondary N) is 1. The number of likely N-dealkylation sites (N-methyl/N-ethyl adjacent to an activating group) is 1. The van der Waals surface area contributed by atoms with Gasteiger partial charge in [0.25, 0.3) is 0 Å². The molecular formula is C16H23N3O3. The molecule has 1 aromatic carbocycles. The molecule has 2 unspecified atom stereocenters. The highest BCUT2D eigenvalue weighted by molar-refractivity contribution is 5.82. The van der Waals surface area contributed by atoms with Gasteiger partial charge >= 0.3 is 6.03 Å². The van der Waals surface area contributed by atoms with E-state index in [1.807, 2.05) is 37.3 Å². The van der Waals surface area contributed by atoms with Crippen LogP contribution in [0.4, 0.5) is 4.79 Å². The number of hydrogen-bond acceptors (Lipinski definition) is 3. The van der Waals surface area contributed by atoms with Crippen LogP contribution in [0.3, 0.4) is 0 Å². The van der Waals surface area contributed by atoms with Crippen molar-refractivity contribution in [2.24, 2.45) is 0 Å². The van der Waals surface area contributed by atoms with E-state index in [0.717, 1.165) is 5.56 Å². The molecule has 2 rings (SSSR count). The van der Waals surface area contributed by atoms with Crippen LogP contribution in [-0.4, -0.2) is 59.6 Å². The van der Waals surface area contributed by atoms with Gasteiger partial charge in [-0.3, -0.25) is 4.79 Å². The first-order chi connectivity index (χ1) is 10.5. The molecule has 0 aromatic heterocycles. The zero-order valence-corrected chi connectivity index (χ0v) is 13.0. The highest BCUT2D eigenvalue weighted by Crippen LogP contribution is 2.25. The third kappa shape index (κ3) is 3.76. The number of urea groups is 1. The molecule has 0 radical (unpaired) electrons. The van der Waals surface area contributed by atoms with E-state index in [1.165, 1.54) is 4.90 Å². The number of rotatable bonds is 5. The van der Waals surface area contributed by atoms with Crippen molar-refractivity contribution in [3.63, 3.8) is 0 Å². The molecule has 120 valence electrons. The van der Waals surface area contributed by atoms with Crippen LogP contribution < -0.4 is 5.32 Å². The van der Waals surface area contributed by atoms with Crippen LogP contribution >= 0.6 is 0 Å². The first-order valence-corrected chi connectivity index (χ1v) is 7.49. The molecule has 22 heavy (non-hydrogen) atoms. The summed E-state index contributed by atoms with van der Waals surface area (Å²) in [5.74, 6) is 0.0477. The predicted molar refractivity (Wildman–Crippen MR) is 83.2 cm³/mol. The summed E-state index contributed by atoms with van der Waals surface area (Å²) in [6, 6.07) is 9.39. The molecule has 6 nitrogen and oxygen atoms in total. The van der Waals surface area contributed by atoms with Crippen LogP contribution in [0.1, 0.15) is 24.9 Å². The van der Waals surface area contributed by atoms with E-state index in [1.54, 1.807) is 11.9 Å². The molecule has 1 aromatic rings. The van der Waals surface area contributed by atoms with Gasteiger partial charge < -0.3 is 20.2 Å². The molecule has 6 heteroatoms. The summed E-state index contributed by atoms with van der Waals surface area (Å²) in [6.07, 6.45) is 0.315. The molecule has 1 heterocycles. The van der Waals surface area contributed by atoms with E-state index >= 15 is 0 Å². The molecule has 0 bridgehead atoms. The fourth-order valence-electron chi connectivity index (χ4n) is 2.65. The Hall–Kier alpha value is -2.08. The van der Waals surface area contributed by atoms with E-state index in [2.05, 4.69) is 5.32 Å². The second-order valence-electron chi connectivity index (χ2n) is 5.63. The number of aliphatic hydroxyl groups is 1. The minimum Gasteiger partial charge on any atom is -0.395 e. The van der Waals surface area contributed by atoms with E-state index in [9.17, 15) is 9.59 Å². The summed E-state index contributed by atoms with van der Waals surface area (Å²) >= 11 is 0. The van der Waals surface area contributed by atoms with Gasteiger partial charge in [0, 0.05) is 26.6 Å². The second-order valence-corrected chi connectivity index (χ2v) is 5.63. The number of carbonyl (C=O) groups is 2. The largest absolute Gasteiger partial charge is 0.395 e. The quantitative estimate of drug-likeness (QED) is 0.852. The molecular weight excluding hydrogens is 282 g/mol. The van der Waals surface area contributed by atoms with E-state index in [4.69, 9.17) is 5.11 Å². The van der Waals surface area contributed by atoms with Gasteiger partial charge in [0.15, 0.2) is 0 Å². The Labute approximate surface area is 130 Å². The molecule has 3 amide bonds. The summed E-state index contributed by atoms with van der Waals surface area (Å²) in [4.78, 5) is 27.3. The molecule has 1 fully saturated rings. The maximum absolute atomic E-state index is 12.2. The number of benzene rings is 1. The molecule has 0 saturated carbocycles. The molecule has 2 N–H and O–H groups in total. The summed E-state index contributed by atoms with van der Waals surface area (Å²) in [5, 5.41) is 11.7. The van der Waals surface area contributed by atoms with Gasteiger partial charge in [-0.05, 0) is 12.5 Å². The molecule has 1 aliphatic heterocycles. The number of carbonyl (C=O) groups excluding carboxylic acids is 2. The lowest BCUT2D eigenvalue weighted by Crippen LogP contribution is -2.45. The number of hydrogen-bond donors (Lipinski definition) is 2. The average molecular weight is 305 g/mol. The predicted octanol–water partition coefficient (Wildman–Crippen LogP) is 0.982. The lowest BCUT2D eigenvalue weighted by molar-refractivity contribution is -0.129. The highest BCUT2D eigenvalue weighted by atomic mass is 16.3. The molecule has 1 saturated heterocycles. The molecule has 2 atom stereocenters.